The molecular weight excluding hydrogens is 773 g/mol. The van der Waals surface area contributed by atoms with E-state index in [2.05, 4.69) is 35.9 Å². The fourth-order valence-electron chi connectivity index (χ4n) is 8.17. The summed E-state index contributed by atoms with van der Waals surface area (Å²) in [6.45, 7) is 12.9. The van der Waals surface area contributed by atoms with E-state index in [1.807, 2.05) is 13.8 Å². The van der Waals surface area contributed by atoms with E-state index in [9.17, 15) is 39.0 Å². The van der Waals surface area contributed by atoms with Gasteiger partial charge >= 0.3 is 23.9 Å². The van der Waals surface area contributed by atoms with Gasteiger partial charge in [0.2, 0.25) is 11.8 Å². The molecule has 6 atom stereocenters. The highest BCUT2D eigenvalue weighted by Gasteiger charge is 2.53. The van der Waals surface area contributed by atoms with Gasteiger partial charge in [0.15, 0.2) is 0 Å². The second-order valence-corrected chi connectivity index (χ2v) is 17.4. The number of carbonyl (C=O) groups excluding carboxylic acids is 4. The van der Waals surface area contributed by atoms with Gasteiger partial charge in [0.05, 0.1) is 36.3 Å². The number of fused-ring (bicyclic) bond motifs is 2. The molecule has 60 heavy (non-hydrogen) atoms. The van der Waals surface area contributed by atoms with Gasteiger partial charge in [-0.3, -0.25) is 19.2 Å². The van der Waals surface area contributed by atoms with E-state index in [1.165, 1.54) is 0 Å². The number of nitrogens with one attached hydrogen (secondary N) is 2. The Bertz CT molecular complexity index is 1520. The summed E-state index contributed by atoms with van der Waals surface area (Å²) in [4.78, 5) is 72.6. The second kappa shape index (κ2) is 23.6. The molecule has 2 aliphatic heterocycles. The molecule has 4 rings (SSSR count). The van der Waals surface area contributed by atoms with E-state index in [-0.39, 0.29) is 97.1 Å². The zero-order valence-corrected chi connectivity index (χ0v) is 35.8. The largest absolute Gasteiger partial charge is 0.478 e. The van der Waals surface area contributed by atoms with Crippen molar-refractivity contribution in [2.45, 2.75) is 166 Å². The lowest BCUT2D eigenvalue weighted by Gasteiger charge is -2.19. The maximum Gasteiger partial charge on any atom is 0.331 e. The lowest BCUT2D eigenvalue weighted by molar-refractivity contribution is -0.144. The van der Waals surface area contributed by atoms with Crippen LogP contribution in [0.1, 0.15) is 142 Å². The molecule has 2 heterocycles. The average Bonchev–Trinajstić information content (AvgIpc) is 4.08. The van der Waals surface area contributed by atoms with E-state index in [4.69, 9.17) is 18.9 Å². The monoisotopic (exact) mass is 840 g/mol. The minimum absolute atomic E-state index is 0.0166. The van der Waals surface area contributed by atoms with Crippen LogP contribution < -0.4 is 10.6 Å². The molecule has 2 amide bonds. The van der Waals surface area contributed by atoms with Crippen molar-refractivity contribution in [2.24, 2.45) is 11.8 Å². The highest BCUT2D eigenvalue weighted by molar-refractivity contribution is 5.87. The fraction of sp³-hybridized carbons (Fsp3) is 0.696. The first-order valence-corrected chi connectivity index (χ1v) is 22.0. The smallest absolute Gasteiger partial charge is 0.331 e. The van der Waals surface area contributed by atoms with Crippen LogP contribution in [0.4, 0.5) is 0 Å². The van der Waals surface area contributed by atoms with E-state index in [0.717, 1.165) is 75.4 Å². The lowest BCUT2D eigenvalue weighted by Crippen LogP contribution is -2.25. The van der Waals surface area contributed by atoms with Gasteiger partial charge in [-0.2, -0.15) is 0 Å². The number of amides is 2. The number of hydrogen-bond acceptors (Lipinski definition) is 10. The van der Waals surface area contributed by atoms with Crippen molar-refractivity contribution in [3.8, 4) is 0 Å². The van der Waals surface area contributed by atoms with Gasteiger partial charge in [0, 0.05) is 37.1 Å². The van der Waals surface area contributed by atoms with Crippen molar-refractivity contribution < 1.29 is 57.9 Å². The number of ether oxygens (including phenoxy) is 4. The molecule has 2 fully saturated rings. The molecule has 4 aliphatic rings. The minimum atomic E-state index is -1.00. The Labute approximate surface area is 354 Å². The molecule has 0 bridgehead atoms. The van der Waals surface area contributed by atoms with Crippen LogP contribution >= 0.6 is 0 Å². The molecule has 0 aromatic rings. The van der Waals surface area contributed by atoms with Crippen LogP contribution in [-0.4, -0.2) is 95.6 Å². The van der Waals surface area contributed by atoms with Crippen LogP contribution in [0.15, 0.2) is 47.6 Å². The summed E-state index contributed by atoms with van der Waals surface area (Å²) in [5.74, 6) is -3.73. The average molecular weight is 841 g/mol. The van der Waals surface area contributed by atoms with Crippen molar-refractivity contribution in [3.63, 3.8) is 0 Å². The summed E-state index contributed by atoms with van der Waals surface area (Å²) in [7, 11) is 0. The van der Waals surface area contributed by atoms with Crippen LogP contribution in [0.25, 0.3) is 0 Å². The Morgan fingerprint density at radius 2 is 1.03 bits per heavy atom. The minimum Gasteiger partial charge on any atom is -0.478 e. The molecule has 0 aromatic carbocycles. The Kier molecular flexibility index (Phi) is 19.0. The lowest BCUT2D eigenvalue weighted by atomic mass is 9.84. The number of hydrogen-bond donors (Lipinski definition) is 4. The summed E-state index contributed by atoms with van der Waals surface area (Å²) in [5.41, 5.74) is 1.72. The van der Waals surface area contributed by atoms with Gasteiger partial charge in [0.1, 0.15) is 13.2 Å². The number of aliphatic carboxylic acids is 2. The molecular formula is C46H68N2O12. The van der Waals surface area contributed by atoms with Gasteiger partial charge in [-0.25, -0.2) is 9.59 Å². The highest BCUT2D eigenvalue weighted by Crippen LogP contribution is 2.47. The van der Waals surface area contributed by atoms with E-state index in [0.29, 0.717) is 51.6 Å². The molecule has 2 aliphatic carbocycles. The maximum absolute atomic E-state index is 12.4. The summed E-state index contributed by atoms with van der Waals surface area (Å²) in [5, 5.41) is 24.7. The first-order valence-electron chi connectivity index (χ1n) is 22.0. The topological polar surface area (TPSA) is 210 Å². The van der Waals surface area contributed by atoms with Gasteiger partial charge < -0.3 is 39.8 Å². The van der Waals surface area contributed by atoms with Crippen molar-refractivity contribution in [2.75, 3.05) is 26.3 Å². The van der Waals surface area contributed by atoms with Crippen LogP contribution in [0, 0.1) is 11.8 Å². The number of carbonyl (C=O) groups is 6. The zero-order chi connectivity index (χ0) is 43.7. The Morgan fingerprint density at radius 1 is 0.650 bits per heavy atom. The van der Waals surface area contributed by atoms with Crippen LogP contribution in [0.3, 0.4) is 0 Å². The first kappa shape index (κ1) is 48.4. The third-order valence-electron chi connectivity index (χ3n) is 12.6. The van der Waals surface area contributed by atoms with Crippen molar-refractivity contribution in [3.05, 3.63) is 47.6 Å². The number of unbranched alkanes of at least 4 members (excludes halogenated alkanes) is 5. The number of rotatable bonds is 23. The SMILES string of the molecule is C=C(C(=O)O)C1CC/C(COC(=O)CCC(=O)NCCCCCCCCNC(=O)CCC(=O)OC/C2=C/CCC3(C)OC3CC(C(=C)C(=O)O)CC2)=C\CCC2(C)OC2C1. The Hall–Kier alpha value is -4.30. The first-order chi connectivity index (χ1) is 28.6. The second-order valence-electron chi connectivity index (χ2n) is 17.4. The Morgan fingerprint density at radius 3 is 1.42 bits per heavy atom. The highest BCUT2D eigenvalue weighted by atomic mass is 16.6. The molecule has 6 unspecified atom stereocenters. The number of allylic oxidation sites excluding steroid dienone is 2. The van der Waals surface area contributed by atoms with E-state index < -0.39 is 23.9 Å². The van der Waals surface area contributed by atoms with Gasteiger partial charge in [-0.05, 0) is 114 Å². The Balaban J connectivity index is 0.969. The molecule has 2 saturated heterocycles. The van der Waals surface area contributed by atoms with Crippen molar-refractivity contribution in [1.82, 2.24) is 10.6 Å². The summed E-state index contributed by atoms with van der Waals surface area (Å²) < 4.78 is 22.7. The molecule has 14 nitrogen and oxygen atoms in total. The predicted molar refractivity (Wildman–Crippen MR) is 224 cm³/mol. The van der Waals surface area contributed by atoms with Crippen LogP contribution in [0.5, 0.6) is 0 Å². The summed E-state index contributed by atoms with van der Waals surface area (Å²) in [6.07, 6.45) is 16.6. The van der Waals surface area contributed by atoms with Crippen LogP contribution in [0.2, 0.25) is 0 Å². The maximum atomic E-state index is 12.4. The molecule has 0 saturated carbocycles. The van der Waals surface area contributed by atoms with Gasteiger partial charge in [-0.1, -0.05) is 51.0 Å². The molecule has 0 aromatic heterocycles. The van der Waals surface area contributed by atoms with Gasteiger partial charge in [-0.15, -0.1) is 0 Å². The predicted octanol–water partition coefficient (Wildman–Crippen LogP) is 6.82. The van der Waals surface area contributed by atoms with Crippen molar-refractivity contribution in [1.29, 1.82) is 0 Å². The van der Waals surface area contributed by atoms with E-state index in [1.54, 1.807) is 0 Å². The fourth-order valence-corrected chi connectivity index (χ4v) is 8.17. The number of esters is 2. The number of carboxylic acids is 2. The number of carboxylic acid groups (broad SMARTS) is 2. The molecule has 0 spiro atoms. The summed E-state index contributed by atoms with van der Waals surface area (Å²) >= 11 is 0. The van der Waals surface area contributed by atoms with E-state index >= 15 is 0 Å². The third-order valence-corrected chi connectivity index (χ3v) is 12.6. The summed E-state index contributed by atoms with van der Waals surface area (Å²) in [6, 6.07) is 0. The third kappa shape index (κ3) is 16.6. The quantitative estimate of drug-likeness (QED) is 0.0275. The van der Waals surface area contributed by atoms with Crippen molar-refractivity contribution >= 4 is 35.7 Å². The molecule has 14 heteroatoms. The zero-order valence-electron chi connectivity index (χ0n) is 35.8. The molecule has 334 valence electrons. The van der Waals surface area contributed by atoms with Gasteiger partial charge in [0.25, 0.3) is 0 Å². The normalized spacial score (nSPS) is 28.0. The van der Waals surface area contributed by atoms with Crippen LogP contribution in [-0.2, 0) is 47.7 Å². The standard InChI is InChI=1S/C46H68N2O12/c1-31(43(53)54)35-17-15-33(13-11-23-45(3)37(27-35)59-45)29-57-41(51)21-19-39(49)47-25-9-7-5-6-8-10-26-48-40(50)20-22-42(52)58-30-34-14-12-24-46(4)38(60-46)28-36(18-16-34)32(2)44(55)56/h13-14,35-38H,1-2,5-12,15-30H2,3-4H3,(H,47,49)(H,48,50)(H,53,54)(H,55,56)/b33-13+,34-14+. The number of epoxide rings is 2. The molecule has 0 radical (unpaired) electrons. The molecule has 4 N–H and O–H groups in total.